The van der Waals surface area contributed by atoms with Gasteiger partial charge in [0.25, 0.3) is 0 Å². The highest BCUT2D eigenvalue weighted by Crippen LogP contribution is 2.41. The van der Waals surface area contributed by atoms with E-state index >= 15 is 0 Å². The summed E-state index contributed by atoms with van der Waals surface area (Å²) in [5.41, 5.74) is 2.45. The SMILES string of the molecule is O=C(NCCC1=CCCCC1)C1(c2ccccc2)CCCC1. The third-order valence-electron chi connectivity index (χ3n) is 5.33. The van der Waals surface area contributed by atoms with Crippen molar-refractivity contribution < 1.29 is 4.79 Å². The lowest BCUT2D eigenvalue weighted by Crippen LogP contribution is -2.43. The topological polar surface area (TPSA) is 29.1 Å². The predicted molar refractivity (Wildman–Crippen MR) is 90.8 cm³/mol. The van der Waals surface area contributed by atoms with Crippen molar-refractivity contribution in [3.8, 4) is 0 Å². The van der Waals surface area contributed by atoms with Crippen molar-refractivity contribution in [3.05, 3.63) is 47.5 Å². The molecule has 0 heterocycles. The minimum Gasteiger partial charge on any atom is -0.355 e. The Labute approximate surface area is 134 Å². The number of rotatable bonds is 5. The van der Waals surface area contributed by atoms with Crippen LogP contribution < -0.4 is 5.32 Å². The summed E-state index contributed by atoms with van der Waals surface area (Å²) in [7, 11) is 0. The normalized spacial score (nSPS) is 20.5. The summed E-state index contributed by atoms with van der Waals surface area (Å²) in [4.78, 5) is 12.9. The van der Waals surface area contributed by atoms with E-state index in [4.69, 9.17) is 0 Å². The molecule has 0 bridgehead atoms. The first kappa shape index (κ1) is 15.3. The summed E-state index contributed by atoms with van der Waals surface area (Å²) < 4.78 is 0. The van der Waals surface area contributed by atoms with Gasteiger partial charge in [-0.3, -0.25) is 4.79 Å². The second-order valence-corrected chi connectivity index (χ2v) is 6.77. The van der Waals surface area contributed by atoms with Crippen LogP contribution in [0.3, 0.4) is 0 Å². The van der Waals surface area contributed by atoms with Crippen molar-refractivity contribution in [1.82, 2.24) is 5.32 Å². The Morgan fingerprint density at radius 3 is 2.50 bits per heavy atom. The average Bonchev–Trinajstić information content (AvgIpc) is 3.08. The average molecular weight is 297 g/mol. The van der Waals surface area contributed by atoms with Crippen molar-refractivity contribution in [1.29, 1.82) is 0 Å². The van der Waals surface area contributed by atoms with Gasteiger partial charge in [0.1, 0.15) is 0 Å². The van der Waals surface area contributed by atoms with E-state index in [9.17, 15) is 4.79 Å². The Morgan fingerprint density at radius 2 is 1.82 bits per heavy atom. The van der Waals surface area contributed by atoms with Crippen LogP contribution in [0.2, 0.25) is 0 Å². The molecule has 2 nitrogen and oxygen atoms in total. The Morgan fingerprint density at radius 1 is 1.05 bits per heavy atom. The molecule has 2 aliphatic rings. The van der Waals surface area contributed by atoms with Gasteiger partial charge >= 0.3 is 0 Å². The van der Waals surface area contributed by atoms with Crippen molar-refractivity contribution in [2.45, 2.75) is 63.2 Å². The van der Waals surface area contributed by atoms with Crippen LogP contribution in [0.5, 0.6) is 0 Å². The highest BCUT2D eigenvalue weighted by Gasteiger charge is 2.42. The smallest absolute Gasteiger partial charge is 0.230 e. The Kier molecular flexibility index (Phi) is 4.97. The molecule has 0 atom stereocenters. The molecule has 1 N–H and O–H groups in total. The van der Waals surface area contributed by atoms with Crippen molar-refractivity contribution in [2.24, 2.45) is 0 Å². The van der Waals surface area contributed by atoms with E-state index < -0.39 is 0 Å². The minimum absolute atomic E-state index is 0.243. The van der Waals surface area contributed by atoms with E-state index in [-0.39, 0.29) is 11.3 Å². The lowest BCUT2D eigenvalue weighted by molar-refractivity contribution is -0.126. The van der Waals surface area contributed by atoms with Gasteiger partial charge in [-0.1, -0.05) is 54.8 Å². The molecule has 2 aliphatic carbocycles. The van der Waals surface area contributed by atoms with Crippen LogP contribution >= 0.6 is 0 Å². The van der Waals surface area contributed by atoms with E-state index in [1.165, 1.54) is 36.8 Å². The van der Waals surface area contributed by atoms with E-state index in [0.29, 0.717) is 0 Å². The van der Waals surface area contributed by atoms with Gasteiger partial charge in [-0.25, -0.2) is 0 Å². The Bertz CT molecular complexity index is 526. The fraction of sp³-hybridized carbons (Fsp3) is 0.550. The van der Waals surface area contributed by atoms with Gasteiger partial charge in [-0.2, -0.15) is 0 Å². The van der Waals surface area contributed by atoms with Gasteiger partial charge in [-0.05, 0) is 50.5 Å². The van der Waals surface area contributed by atoms with Crippen LogP contribution in [0.25, 0.3) is 0 Å². The minimum atomic E-state index is -0.276. The summed E-state index contributed by atoms with van der Waals surface area (Å²) in [5.74, 6) is 0.243. The van der Waals surface area contributed by atoms with Crippen LogP contribution in [0.1, 0.15) is 63.4 Å². The fourth-order valence-corrected chi connectivity index (χ4v) is 4.02. The number of hydrogen-bond acceptors (Lipinski definition) is 1. The zero-order valence-electron chi connectivity index (χ0n) is 13.4. The maximum Gasteiger partial charge on any atom is 0.230 e. The predicted octanol–water partition coefficient (Wildman–Crippen LogP) is 4.51. The second-order valence-electron chi connectivity index (χ2n) is 6.77. The summed E-state index contributed by atoms with van der Waals surface area (Å²) >= 11 is 0. The Balaban J connectivity index is 1.62. The molecular formula is C20H27NO. The summed E-state index contributed by atoms with van der Waals surface area (Å²) in [5, 5.41) is 3.23. The number of carbonyl (C=O) groups excluding carboxylic acids is 1. The molecule has 1 aromatic rings. The third kappa shape index (κ3) is 3.26. The first-order valence-electron chi connectivity index (χ1n) is 8.83. The summed E-state index contributed by atoms with van der Waals surface area (Å²) in [6.45, 7) is 0.791. The molecule has 0 saturated heterocycles. The molecule has 1 saturated carbocycles. The van der Waals surface area contributed by atoms with Crippen LogP contribution in [0.15, 0.2) is 42.0 Å². The molecule has 2 heteroatoms. The monoisotopic (exact) mass is 297 g/mol. The molecule has 0 aromatic heterocycles. The van der Waals surface area contributed by atoms with Crippen LogP contribution in [-0.4, -0.2) is 12.5 Å². The van der Waals surface area contributed by atoms with Gasteiger partial charge in [0, 0.05) is 6.54 Å². The highest BCUT2D eigenvalue weighted by atomic mass is 16.2. The maximum absolute atomic E-state index is 12.9. The van der Waals surface area contributed by atoms with Crippen LogP contribution in [0.4, 0.5) is 0 Å². The second kappa shape index (κ2) is 7.13. The molecule has 22 heavy (non-hydrogen) atoms. The molecule has 1 aromatic carbocycles. The molecule has 3 rings (SSSR count). The molecule has 0 aliphatic heterocycles. The molecule has 1 fully saturated rings. The van der Waals surface area contributed by atoms with E-state index in [1.54, 1.807) is 0 Å². The number of hydrogen-bond donors (Lipinski definition) is 1. The zero-order valence-corrected chi connectivity index (χ0v) is 13.4. The van der Waals surface area contributed by atoms with Crippen molar-refractivity contribution in [3.63, 3.8) is 0 Å². The first-order valence-corrected chi connectivity index (χ1v) is 8.83. The molecular weight excluding hydrogens is 270 g/mol. The standard InChI is InChI=1S/C20H27NO/c22-19(21-16-13-17-9-3-1-4-10-17)20(14-7-8-15-20)18-11-5-2-6-12-18/h2,5-6,9,11-12H,1,3-4,7-8,10,13-16H2,(H,21,22). The molecule has 0 spiro atoms. The van der Waals surface area contributed by atoms with Gasteiger partial charge in [-0.15, -0.1) is 0 Å². The van der Waals surface area contributed by atoms with Gasteiger partial charge in [0.05, 0.1) is 5.41 Å². The van der Waals surface area contributed by atoms with Crippen LogP contribution in [0, 0.1) is 0 Å². The number of amides is 1. The number of carbonyl (C=O) groups is 1. The highest BCUT2D eigenvalue weighted by molar-refractivity contribution is 5.88. The lowest BCUT2D eigenvalue weighted by Gasteiger charge is -2.28. The van der Waals surface area contributed by atoms with E-state index in [1.807, 2.05) is 6.07 Å². The van der Waals surface area contributed by atoms with E-state index in [0.717, 1.165) is 38.6 Å². The maximum atomic E-state index is 12.9. The number of benzene rings is 1. The van der Waals surface area contributed by atoms with E-state index in [2.05, 4.69) is 35.7 Å². The third-order valence-corrected chi connectivity index (χ3v) is 5.33. The molecule has 118 valence electrons. The number of allylic oxidation sites excluding steroid dienone is 1. The van der Waals surface area contributed by atoms with Gasteiger partial charge < -0.3 is 5.32 Å². The van der Waals surface area contributed by atoms with Crippen LogP contribution in [-0.2, 0) is 10.2 Å². The number of nitrogens with one attached hydrogen (secondary N) is 1. The zero-order chi connectivity index (χ0) is 15.3. The summed E-state index contributed by atoms with van der Waals surface area (Å²) in [6, 6.07) is 10.4. The largest absolute Gasteiger partial charge is 0.355 e. The van der Waals surface area contributed by atoms with Crippen molar-refractivity contribution >= 4 is 5.91 Å². The van der Waals surface area contributed by atoms with Crippen molar-refractivity contribution in [2.75, 3.05) is 6.54 Å². The quantitative estimate of drug-likeness (QED) is 0.796. The molecule has 0 unspecified atom stereocenters. The molecule has 0 radical (unpaired) electrons. The lowest BCUT2D eigenvalue weighted by atomic mass is 9.78. The first-order chi connectivity index (χ1) is 10.8. The molecule has 1 amide bonds. The Hall–Kier alpha value is -1.57. The van der Waals surface area contributed by atoms with Gasteiger partial charge in [0.2, 0.25) is 5.91 Å². The fourth-order valence-electron chi connectivity index (χ4n) is 4.02. The van der Waals surface area contributed by atoms with Gasteiger partial charge in [0.15, 0.2) is 0 Å². The summed E-state index contributed by atoms with van der Waals surface area (Å²) in [6.07, 6.45) is 12.8.